The summed E-state index contributed by atoms with van der Waals surface area (Å²) in [5.74, 6) is -0.810. The minimum atomic E-state index is -4.65. The molecule has 0 saturated heterocycles. The van der Waals surface area contributed by atoms with E-state index in [0.717, 1.165) is 70.6 Å². The molecule has 0 aliphatic carbocycles. The van der Waals surface area contributed by atoms with Crippen molar-refractivity contribution in [1.82, 2.24) is 0 Å². The van der Waals surface area contributed by atoms with E-state index in [-0.39, 0.29) is 32.0 Å². The largest absolute Gasteiger partial charge is 0.756 e. The lowest BCUT2D eigenvalue weighted by molar-refractivity contribution is -0.870. The topological polar surface area (TPSA) is 111 Å². The van der Waals surface area contributed by atoms with E-state index in [9.17, 15) is 19.0 Å². The monoisotopic (exact) mass is 1380 g/mol. The number of unbranched alkanes of at least 4 members (excludes halogenated alkanes) is 56. The Balaban J connectivity index is 3.87. The zero-order valence-electron chi connectivity index (χ0n) is 65.3. The molecule has 0 N–H and O–H groups in total. The van der Waals surface area contributed by atoms with E-state index >= 15 is 0 Å². The molecule has 2 atom stereocenters. The zero-order chi connectivity index (χ0) is 70.4. The van der Waals surface area contributed by atoms with E-state index in [0.29, 0.717) is 17.4 Å². The van der Waals surface area contributed by atoms with Crippen molar-refractivity contribution in [1.29, 1.82) is 0 Å². The van der Waals surface area contributed by atoms with Gasteiger partial charge >= 0.3 is 11.9 Å². The lowest BCUT2D eigenvalue weighted by Gasteiger charge is -2.28. The van der Waals surface area contributed by atoms with Gasteiger partial charge in [0, 0.05) is 12.8 Å². The summed E-state index contributed by atoms with van der Waals surface area (Å²) in [6.07, 6.45) is 105. The third-order valence-electron chi connectivity index (χ3n) is 19.3. The Labute approximate surface area is 604 Å². The number of rotatable bonds is 80. The molecule has 0 aromatic rings. The second-order valence-electron chi connectivity index (χ2n) is 30.2. The predicted molar refractivity (Wildman–Crippen MR) is 420 cm³/mol. The van der Waals surface area contributed by atoms with Crippen molar-refractivity contribution >= 4 is 19.8 Å². The number of hydrogen-bond acceptors (Lipinski definition) is 8. The van der Waals surface area contributed by atoms with Crippen LogP contribution in [0.1, 0.15) is 431 Å². The van der Waals surface area contributed by atoms with Gasteiger partial charge in [-0.15, -0.1) is 0 Å². The first kappa shape index (κ1) is 94.7. The van der Waals surface area contributed by atoms with E-state index in [1.165, 1.54) is 327 Å². The molecule has 10 heteroatoms. The minimum absolute atomic E-state index is 0.0290. The molecule has 0 radical (unpaired) electrons. The second kappa shape index (κ2) is 77.9. The highest BCUT2D eigenvalue weighted by Gasteiger charge is 2.22. The highest BCUT2D eigenvalue weighted by molar-refractivity contribution is 7.45. The fourth-order valence-corrected chi connectivity index (χ4v) is 13.6. The van der Waals surface area contributed by atoms with Gasteiger partial charge in [0.1, 0.15) is 19.8 Å². The number of nitrogens with zero attached hydrogens (tertiary/aromatic N) is 1. The second-order valence-corrected chi connectivity index (χ2v) is 31.6. The number of quaternary nitrogens is 1. The van der Waals surface area contributed by atoms with Crippen molar-refractivity contribution in [2.75, 3.05) is 47.5 Å². The molecule has 0 spiro atoms. The van der Waals surface area contributed by atoms with Gasteiger partial charge in [-0.25, -0.2) is 0 Å². The standard InChI is InChI=1S/C87H164NO8P/c1-6-8-10-12-14-16-18-20-22-24-26-28-30-32-34-36-38-40-41-42-43-44-45-46-48-49-51-53-55-57-59-61-63-65-67-69-71-73-75-77-79-86(89)93-83-85(84-95-97(91,92)94-82-81-88(3,4)5)96-87(90)80-78-76-74-72-70-68-66-64-62-60-58-56-54-52-50-47-39-37-35-33-31-29-27-25-23-21-19-17-15-13-11-9-7-2/h9,11,15,17,21,23,27,29,33,35,85H,6-8,10,12-14,16,18-20,22,24-26,28,30-32,34,36-84H2,1-5H3/b11-9-,17-15-,23-21-,29-27-,35-33-. The van der Waals surface area contributed by atoms with Crippen molar-refractivity contribution in [2.24, 2.45) is 0 Å². The van der Waals surface area contributed by atoms with Crippen LogP contribution >= 0.6 is 7.82 Å². The number of ether oxygens (including phenoxy) is 2. The normalized spacial score (nSPS) is 13.3. The van der Waals surface area contributed by atoms with Crippen molar-refractivity contribution < 1.29 is 42.1 Å². The van der Waals surface area contributed by atoms with Crippen LogP contribution in [-0.4, -0.2) is 70.0 Å². The SMILES string of the molecule is CC/C=C\C/C=C\C/C=C\C/C=C\C/C=C\CCCCCCCCCCCCCCCCCCCC(=O)OC(COC(=O)CCCCCCCCCCCCCCCCCCCCCCCCCCCCCCCCCCCCCCCCCC)COP(=O)([O-])OCC[N+](C)(C)C. The lowest BCUT2D eigenvalue weighted by atomic mass is 10.0. The van der Waals surface area contributed by atoms with Gasteiger partial charge in [0.15, 0.2) is 6.10 Å². The van der Waals surface area contributed by atoms with E-state index in [1.54, 1.807) is 0 Å². The number of phosphoric acid groups is 1. The highest BCUT2D eigenvalue weighted by atomic mass is 31.2. The summed E-state index contributed by atoms with van der Waals surface area (Å²) in [4.78, 5) is 38.2. The first-order chi connectivity index (χ1) is 47.5. The van der Waals surface area contributed by atoms with Crippen LogP contribution in [0.25, 0.3) is 0 Å². The van der Waals surface area contributed by atoms with Crippen LogP contribution in [-0.2, 0) is 32.7 Å². The molecule has 0 rings (SSSR count). The summed E-state index contributed by atoms with van der Waals surface area (Å²) in [6.45, 7) is 4.20. The fraction of sp³-hybridized carbons (Fsp3) is 0.862. The quantitative estimate of drug-likeness (QED) is 0.0195. The molecule has 0 fully saturated rings. The Kier molecular flexibility index (Phi) is 76.0. The summed E-state index contributed by atoms with van der Waals surface area (Å²) in [6, 6.07) is 0. The molecule has 0 aliphatic heterocycles. The number of esters is 2. The Hall–Kier alpha value is -2.29. The van der Waals surface area contributed by atoms with Gasteiger partial charge in [-0.1, -0.05) is 421 Å². The molecule has 0 amide bonds. The van der Waals surface area contributed by atoms with Crippen LogP contribution in [0.2, 0.25) is 0 Å². The van der Waals surface area contributed by atoms with Gasteiger partial charge in [-0.05, 0) is 57.8 Å². The molecule has 0 saturated carbocycles. The predicted octanol–water partition coefficient (Wildman–Crippen LogP) is 27.8. The molecule has 0 aromatic carbocycles. The Morgan fingerprint density at radius 2 is 0.588 bits per heavy atom. The van der Waals surface area contributed by atoms with E-state index in [1.807, 2.05) is 21.1 Å². The molecule has 2 unspecified atom stereocenters. The first-order valence-electron chi connectivity index (χ1n) is 42.5. The smallest absolute Gasteiger partial charge is 0.306 e. The van der Waals surface area contributed by atoms with Crippen LogP contribution in [0.4, 0.5) is 0 Å². The van der Waals surface area contributed by atoms with Crippen LogP contribution in [0.15, 0.2) is 60.8 Å². The molecule has 9 nitrogen and oxygen atoms in total. The summed E-state index contributed by atoms with van der Waals surface area (Å²) < 4.78 is 34.5. The minimum Gasteiger partial charge on any atom is -0.756 e. The van der Waals surface area contributed by atoms with Crippen LogP contribution in [0, 0.1) is 0 Å². The van der Waals surface area contributed by atoms with Gasteiger partial charge in [-0.3, -0.25) is 14.2 Å². The van der Waals surface area contributed by atoms with Crippen LogP contribution in [0.3, 0.4) is 0 Å². The third-order valence-corrected chi connectivity index (χ3v) is 20.3. The summed E-state index contributed by atoms with van der Waals surface area (Å²) in [5.41, 5.74) is 0. The Morgan fingerprint density at radius 1 is 0.330 bits per heavy atom. The van der Waals surface area contributed by atoms with E-state index in [4.69, 9.17) is 18.5 Å². The summed E-state index contributed by atoms with van der Waals surface area (Å²) in [5, 5.41) is 0. The van der Waals surface area contributed by atoms with Gasteiger partial charge in [0.05, 0.1) is 27.7 Å². The summed E-state index contributed by atoms with van der Waals surface area (Å²) in [7, 11) is 1.19. The van der Waals surface area contributed by atoms with Crippen molar-refractivity contribution in [3.8, 4) is 0 Å². The molecule has 0 aromatic heterocycles. The van der Waals surface area contributed by atoms with Gasteiger partial charge in [0.25, 0.3) is 7.82 Å². The van der Waals surface area contributed by atoms with Crippen molar-refractivity contribution in [3.63, 3.8) is 0 Å². The highest BCUT2D eigenvalue weighted by Crippen LogP contribution is 2.38. The van der Waals surface area contributed by atoms with Crippen molar-refractivity contribution in [3.05, 3.63) is 60.8 Å². The fourth-order valence-electron chi connectivity index (χ4n) is 12.9. The number of likely N-dealkylation sites (N-methyl/N-ethyl adjacent to an activating group) is 1. The van der Waals surface area contributed by atoms with E-state index < -0.39 is 26.5 Å². The van der Waals surface area contributed by atoms with Crippen LogP contribution < -0.4 is 4.89 Å². The molecule has 0 aliphatic rings. The molecule has 97 heavy (non-hydrogen) atoms. The maximum atomic E-state index is 12.9. The number of carbonyl (C=O) groups excluding carboxylic acids is 2. The van der Waals surface area contributed by atoms with Crippen LogP contribution in [0.5, 0.6) is 0 Å². The third kappa shape index (κ3) is 82.6. The molecule has 0 heterocycles. The molecule has 0 bridgehead atoms. The van der Waals surface area contributed by atoms with Gasteiger partial charge in [0.2, 0.25) is 0 Å². The average Bonchev–Trinajstić information content (AvgIpc) is 1.58. The molecular weight excluding hydrogens is 1220 g/mol. The Bertz CT molecular complexity index is 1820. The number of phosphoric ester groups is 1. The maximum absolute atomic E-state index is 12.9. The average molecular weight is 1380 g/mol. The zero-order valence-corrected chi connectivity index (χ0v) is 66.2. The maximum Gasteiger partial charge on any atom is 0.306 e. The van der Waals surface area contributed by atoms with Gasteiger partial charge < -0.3 is 27.9 Å². The number of hydrogen-bond donors (Lipinski definition) is 0. The first-order valence-corrected chi connectivity index (χ1v) is 44.0. The van der Waals surface area contributed by atoms with Crippen molar-refractivity contribution in [2.45, 2.75) is 437 Å². The number of allylic oxidation sites excluding steroid dienone is 10. The van der Waals surface area contributed by atoms with Gasteiger partial charge in [-0.2, -0.15) is 0 Å². The Morgan fingerprint density at radius 3 is 0.876 bits per heavy atom. The lowest BCUT2D eigenvalue weighted by Crippen LogP contribution is -2.37. The van der Waals surface area contributed by atoms with E-state index in [2.05, 4.69) is 74.6 Å². The molecular formula is C87H164NO8P. The molecule has 570 valence electrons. The number of carbonyl (C=O) groups is 2. The summed E-state index contributed by atoms with van der Waals surface area (Å²) >= 11 is 0.